The van der Waals surface area contributed by atoms with Crippen LogP contribution in [0, 0.1) is 18.3 Å². The lowest BCUT2D eigenvalue weighted by Gasteiger charge is -2.39. The summed E-state index contributed by atoms with van der Waals surface area (Å²) in [6, 6.07) is 10.8. The Labute approximate surface area is 203 Å². The Balaban J connectivity index is 1.54. The molecule has 9 heteroatoms. The number of pyridine rings is 2. The van der Waals surface area contributed by atoms with Gasteiger partial charge in [0.1, 0.15) is 11.9 Å². The third kappa shape index (κ3) is 4.32. The van der Waals surface area contributed by atoms with E-state index in [0.717, 1.165) is 22.0 Å². The van der Waals surface area contributed by atoms with Gasteiger partial charge in [0.15, 0.2) is 0 Å². The predicted molar refractivity (Wildman–Crippen MR) is 128 cm³/mol. The van der Waals surface area contributed by atoms with Crippen molar-refractivity contribution in [3.8, 4) is 6.07 Å². The average molecular weight is 474 g/mol. The van der Waals surface area contributed by atoms with Crippen LogP contribution in [0.5, 0.6) is 0 Å². The van der Waals surface area contributed by atoms with Crippen molar-refractivity contribution in [2.75, 3.05) is 26.1 Å². The molecule has 1 amide bonds. The van der Waals surface area contributed by atoms with Crippen LogP contribution in [0.15, 0.2) is 30.3 Å². The number of nitrogens with zero attached hydrogens (tertiary/aromatic N) is 4. The van der Waals surface area contributed by atoms with Crippen molar-refractivity contribution < 1.29 is 19.0 Å². The van der Waals surface area contributed by atoms with Gasteiger partial charge in [-0.3, -0.25) is 9.78 Å². The average Bonchev–Trinajstić information content (AvgIpc) is 3.38. The van der Waals surface area contributed by atoms with E-state index < -0.39 is 0 Å². The number of fused-ring (bicyclic) bond motifs is 3. The number of hydrogen-bond donors (Lipinski definition) is 1. The Bertz CT molecular complexity index is 1340. The van der Waals surface area contributed by atoms with Crippen LogP contribution < -0.4 is 5.73 Å². The van der Waals surface area contributed by atoms with E-state index in [1.807, 2.05) is 12.1 Å². The molecule has 1 saturated heterocycles. The molecule has 0 spiro atoms. The molecule has 9 nitrogen and oxygen atoms in total. The molecule has 2 N–H and O–H groups in total. The number of hydrogen-bond acceptors (Lipinski definition) is 8. The van der Waals surface area contributed by atoms with E-state index >= 15 is 0 Å². The third-order valence-electron chi connectivity index (χ3n) is 6.80. The van der Waals surface area contributed by atoms with Gasteiger partial charge in [0.2, 0.25) is 0 Å². The van der Waals surface area contributed by atoms with Crippen molar-refractivity contribution in [2.24, 2.45) is 0 Å². The quantitative estimate of drug-likeness (QED) is 0.600. The summed E-state index contributed by atoms with van der Waals surface area (Å²) in [6.07, 6.45) is 0.531. The molecule has 2 atom stereocenters. The number of amides is 1. The molecule has 180 valence electrons. The third-order valence-corrected chi connectivity index (χ3v) is 6.80. The molecule has 1 fully saturated rings. The molecule has 0 aliphatic carbocycles. The van der Waals surface area contributed by atoms with Crippen LogP contribution in [0.2, 0.25) is 0 Å². The fourth-order valence-corrected chi connectivity index (χ4v) is 4.87. The van der Waals surface area contributed by atoms with Crippen molar-refractivity contribution in [1.82, 2.24) is 14.9 Å². The minimum Gasteiger partial charge on any atom is -0.383 e. The summed E-state index contributed by atoms with van der Waals surface area (Å²) in [5.74, 6) is 0.313. The topological polar surface area (TPSA) is 124 Å². The van der Waals surface area contributed by atoms with Crippen LogP contribution in [-0.2, 0) is 34.0 Å². The highest BCUT2D eigenvalue weighted by Crippen LogP contribution is 2.32. The minimum absolute atomic E-state index is 0.155. The largest absolute Gasteiger partial charge is 0.383 e. The first-order valence-electron chi connectivity index (χ1n) is 11.6. The van der Waals surface area contributed by atoms with Crippen LogP contribution in [-0.4, -0.2) is 53.2 Å². The summed E-state index contributed by atoms with van der Waals surface area (Å²) in [4.78, 5) is 24.8. The number of ether oxygens (including phenoxy) is 3. The molecule has 5 rings (SSSR count). The molecule has 3 aromatic rings. The normalized spacial score (nSPS) is 19.3. The Morgan fingerprint density at radius 3 is 2.83 bits per heavy atom. The Morgan fingerprint density at radius 1 is 1.23 bits per heavy atom. The molecular formula is C26H27N5O4. The number of methoxy groups -OCH3 is 1. The molecule has 0 bridgehead atoms. The molecule has 35 heavy (non-hydrogen) atoms. The highest BCUT2D eigenvalue weighted by Gasteiger charge is 2.35. The van der Waals surface area contributed by atoms with Gasteiger partial charge in [-0.2, -0.15) is 5.26 Å². The predicted octanol–water partition coefficient (Wildman–Crippen LogP) is 2.87. The molecule has 2 aliphatic heterocycles. The second kappa shape index (κ2) is 9.58. The maximum absolute atomic E-state index is 14.0. The lowest BCUT2D eigenvalue weighted by Crippen LogP contribution is -2.52. The number of aromatic nitrogens is 2. The summed E-state index contributed by atoms with van der Waals surface area (Å²) in [5, 5.41) is 10.1. The van der Waals surface area contributed by atoms with Gasteiger partial charge >= 0.3 is 0 Å². The number of nitrogens with two attached hydrogens (primary N) is 1. The van der Waals surface area contributed by atoms with Gasteiger partial charge < -0.3 is 24.8 Å². The van der Waals surface area contributed by atoms with Gasteiger partial charge in [-0.1, -0.05) is 0 Å². The van der Waals surface area contributed by atoms with Gasteiger partial charge in [-0.15, -0.1) is 0 Å². The number of carbonyl (C=O) groups excluding carboxylic acids is 1. The van der Waals surface area contributed by atoms with E-state index in [1.54, 1.807) is 37.1 Å². The fraction of sp³-hybridized carbons (Fsp3) is 0.385. The zero-order valence-electron chi connectivity index (χ0n) is 19.8. The first kappa shape index (κ1) is 23.2. The second-order valence-electron chi connectivity index (χ2n) is 8.86. The first-order valence-corrected chi connectivity index (χ1v) is 11.6. The first-order chi connectivity index (χ1) is 17.0. The summed E-state index contributed by atoms with van der Waals surface area (Å²) in [7, 11) is 1.66. The van der Waals surface area contributed by atoms with Gasteiger partial charge in [0.25, 0.3) is 5.91 Å². The van der Waals surface area contributed by atoms with E-state index in [-0.39, 0.29) is 24.6 Å². The van der Waals surface area contributed by atoms with Crippen molar-refractivity contribution in [3.05, 3.63) is 64.0 Å². The summed E-state index contributed by atoms with van der Waals surface area (Å²) in [5.41, 5.74) is 11.1. The van der Waals surface area contributed by atoms with E-state index in [2.05, 4.69) is 16.0 Å². The molecule has 2 aliphatic rings. The Kier molecular flexibility index (Phi) is 6.34. The fourth-order valence-electron chi connectivity index (χ4n) is 4.87. The van der Waals surface area contributed by atoms with Gasteiger partial charge in [0, 0.05) is 30.2 Å². The molecule has 1 aromatic carbocycles. The zero-order valence-corrected chi connectivity index (χ0v) is 19.8. The Hall–Kier alpha value is -3.58. The summed E-state index contributed by atoms with van der Waals surface area (Å²) < 4.78 is 17.1. The van der Waals surface area contributed by atoms with Crippen LogP contribution in [0.1, 0.15) is 44.9 Å². The maximum Gasteiger partial charge on any atom is 0.254 e. The van der Waals surface area contributed by atoms with E-state index in [9.17, 15) is 10.1 Å². The van der Waals surface area contributed by atoms with Gasteiger partial charge in [0.05, 0.1) is 61.0 Å². The number of anilines is 1. The van der Waals surface area contributed by atoms with Gasteiger partial charge in [-0.25, -0.2) is 4.98 Å². The summed E-state index contributed by atoms with van der Waals surface area (Å²) >= 11 is 0. The molecule has 4 heterocycles. The van der Waals surface area contributed by atoms with E-state index in [0.29, 0.717) is 61.2 Å². The standard InChI is InChI=1S/C26H27N5O4/c1-15-17(10-27)3-5-18(29-15)11-31(23-14-34-8-7-24(23)33-2)26(32)16-4-6-22-19(9-16)20-12-35-13-21(20)25(28)30-22/h3-6,9,23-24H,7-8,11-14H2,1-2H3,(H2,28,30)/t23-,24-/m0/s1. The summed E-state index contributed by atoms with van der Waals surface area (Å²) in [6.45, 7) is 3.87. The van der Waals surface area contributed by atoms with Crippen molar-refractivity contribution in [2.45, 2.75) is 45.2 Å². The van der Waals surface area contributed by atoms with Crippen molar-refractivity contribution in [3.63, 3.8) is 0 Å². The second-order valence-corrected chi connectivity index (χ2v) is 8.86. The highest BCUT2D eigenvalue weighted by atomic mass is 16.5. The number of nitriles is 1. The lowest BCUT2D eigenvalue weighted by atomic mass is 10.00. The molecule has 0 unspecified atom stereocenters. The molecule has 2 aromatic heterocycles. The number of aryl methyl sites for hydroxylation is 1. The highest BCUT2D eigenvalue weighted by molar-refractivity contribution is 5.99. The number of carbonyl (C=O) groups is 1. The number of rotatable bonds is 5. The number of benzene rings is 1. The van der Waals surface area contributed by atoms with Crippen molar-refractivity contribution >= 4 is 22.6 Å². The van der Waals surface area contributed by atoms with E-state index in [1.165, 1.54) is 0 Å². The Morgan fingerprint density at radius 2 is 2.06 bits per heavy atom. The van der Waals surface area contributed by atoms with Gasteiger partial charge in [-0.05, 0) is 49.2 Å². The van der Waals surface area contributed by atoms with Crippen LogP contribution >= 0.6 is 0 Å². The van der Waals surface area contributed by atoms with Crippen molar-refractivity contribution in [1.29, 1.82) is 5.26 Å². The smallest absolute Gasteiger partial charge is 0.254 e. The maximum atomic E-state index is 14.0. The lowest BCUT2D eigenvalue weighted by molar-refractivity contribution is -0.0715. The van der Waals surface area contributed by atoms with Crippen LogP contribution in [0.3, 0.4) is 0 Å². The van der Waals surface area contributed by atoms with E-state index in [4.69, 9.17) is 19.9 Å². The van der Waals surface area contributed by atoms with Crippen LogP contribution in [0.25, 0.3) is 10.9 Å². The molecular weight excluding hydrogens is 446 g/mol. The number of nitrogen functional groups attached to an aromatic ring is 1. The monoisotopic (exact) mass is 473 g/mol. The zero-order chi connectivity index (χ0) is 24.5. The molecule has 0 saturated carbocycles. The SMILES string of the molecule is CO[C@H]1CCOC[C@@H]1N(Cc1ccc(C#N)c(C)n1)C(=O)c1ccc2nc(N)c3c(c2c1)COC3. The van der Waals surface area contributed by atoms with Crippen LogP contribution in [0.4, 0.5) is 5.82 Å². The minimum atomic E-state index is -0.284. The molecule has 0 radical (unpaired) electrons.